The van der Waals surface area contributed by atoms with Crippen molar-refractivity contribution < 1.29 is 5.11 Å². The lowest BCUT2D eigenvalue weighted by molar-refractivity contribution is 0.0315. The van der Waals surface area contributed by atoms with Gasteiger partial charge < -0.3 is 10.8 Å². The van der Waals surface area contributed by atoms with Crippen LogP contribution in [0.15, 0.2) is 0 Å². The number of aliphatic hydroxyl groups is 1. The minimum atomic E-state index is -0.161. The van der Waals surface area contributed by atoms with Crippen molar-refractivity contribution >= 4 is 12.4 Å². The lowest BCUT2D eigenvalue weighted by atomic mass is 9.98. The summed E-state index contributed by atoms with van der Waals surface area (Å²) in [4.78, 5) is 2.29. The molecule has 1 heterocycles. The van der Waals surface area contributed by atoms with Crippen molar-refractivity contribution in [3.8, 4) is 0 Å². The Hall–Kier alpha value is 0.170. The summed E-state index contributed by atoms with van der Waals surface area (Å²) in [5.41, 5.74) is 5.79. The Kier molecular flexibility index (Phi) is 5.37. The SMILES string of the molecule is C[C@H]1CC[C@H](O)CN1CC(C)(C)N.Cl. The van der Waals surface area contributed by atoms with E-state index in [9.17, 15) is 5.11 Å². The molecule has 0 bridgehead atoms. The van der Waals surface area contributed by atoms with Crippen LogP contribution >= 0.6 is 12.4 Å². The Morgan fingerprint density at radius 1 is 1.43 bits per heavy atom. The van der Waals surface area contributed by atoms with Crippen molar-refractivity contribution in [1.82, 2.24) is 4.90 Å². The normalized spacial score (nSPS) is 29.8. The second-order valence-electron chi connectivity index (χ2n) is 5.00. The zero-order valence-electron chi connectivity index (χ0n) is 9.36. The number of piperidine rings is 1. The molecule has 0 aliphatic carbocycles. The first-order chi connectivity index (χ1) is 5.88. The van der Waals surface area contributed by atoms with E-state index in [1.165, 1.54) is 0 Å². The van der Waals surface area contributed by atoms with Gasteiger partial charge in [0, 0.05) is 24.7 Å². The smallest absolute Gasteiger partial charge is 0.0667 e. The molecule has 14 heavy (non-hydrogen) atoms. The topological polar surface area (TPSA) is 49.5 Å². The summed E-state index contributed by atoms with van der Waals surface area (Å²) in [6.45, 7) is 7.91. The van der Waals surface area contributed by atoms with E-state index in [-0.39, 0.29) is 24.0 Å². The van der Waals surface area contributed by atoms with Crippen molar-refractivity contribution in [2.45, 2.75) is 51.3 Å². The van der Waals surface area contributed by atoms with Gasteiger partial charge >= 0.3 is 0 Å². The van der Waals surface area contributed by atoms with Gasteiger partial charge in [-0.1, -0.05) is 0 Å². The zero-order valence-corrected chi connectivity index (χ0v) is 10.2. The van der Waals surface area contributed by atoms with Crippen molar-refractivity contribution in [2.24, 2.45) is 5.73 Å². The summed E-state index contributed by atoms with van der Waals surface area (Å²) < 4.78 is 0. The average molecular weight is 223 g/mol. The van der Waals surface area contributed by atoms with E-state index in [4.69, 9.17) is 5.73 Å². The first-order valence-electron chi connectivity index (χ1n) is 5.09. The highest BCUT2D eigenvalue weighted by atomic mass is 35.5. The molecular weight excluding hydrogens is 200 g/mol. The zero-order chi connectivity index (χ0) is 10.1. The highest BCUT2D eigenvalue weighted by Crippen LogP contribution is 2.18. The van der Waals surface area contributed by atoms with E-state index in [1.54, 1.807) is 0 Å². The van der Waals surface area contributed by atoms with Gasteiger partial charge in [-0.3, -0.25) is 4.90 Å². The second kappa shape index (κ2) is 5.31. The third-order valence-electron chi connectivity index (χ3n) is 2.60. The molecule has 1 saturated heterocycles. The summed E-state index contributed by atoms with van der Waals surface area (Å²) >= 11 is 0. The van der Waals surface area contributed by atoms with Gasteiger partial charge in [0.15, 0.2) is 0 Å². The maximum Gasteiger partial charge on any atom is 0.0667 e. The van der Waals surface area contributed by atoms with Crippen LogP contribution in [-0.2, 0) is 0 Å². The third kappa shape index (κ3) is 4.60. The van der Waals surface area contributed by atoms with Gasteiger partial charge in [0.05, 0.1) is 6.10 Å². The summed E-state index contributed by atoms with van der Waals surface area (Å²) in [5, 5.41) is 9.51. The molecule has 3 nitrogen and oxygen atoms in total. The van der Waals surface area contributed by atoms with Crippen LogP contribution in [0, 0.1) is 0 Å². The van der Waals surface area contributed by atoms with E-state index in [1.807, 2.05) is 13.8 Å². The molecular formula is C10H23ClN2O. The standard InChI is InChI=1S/C10H22N2O.ClH/c1-8-4-5-9(13)6-12(8)7-10(2,3)11;/h8-9,13H,4-7,11H2,1-3H3;1H/t8-,9-;/m0./s1. The number of hydrogen-bond acceptors (Lipinski definition) is 3. The predicted molar refractivity (Wildman–Crippen MR) is 61.8 cm³/mol. The predicted octanol–water partition coefficient (Wildman–Crippen LogP) is 0.991. The molecule has 2 atom stereocenters. The minimum Gasteiger partial charge on any atom is -0.392 e. The Labute approximate surface area is 93.1 Å². The number of nitrogens with zero attached hydrogens (tertiary/aromatic N) is 1. The highest BCUT2D eigenvalue weighted by Gasteiger charge is 2.27. The molecule has 1 fully saturated rings. The van der Waals surface area contributed by atoms with Gasteiger partial charge in [-0.15, -0.1) is 12.4 Å². The molecule has 0 spiro atoms. The molecule has 0 radical (unpaired) electrons. The molecule has 86 valence electrons. The first-order valence-corrected chi connectivity index (χ1v) is 5.09. The fourth-order valence-electron chi connectivity index (χ4n) is 1.90. The minimum absolute atomic E-state index is 0. The number of β-amino-alcohol motifs (C(OH)–C–C–N with tert-alkyl or cyclic N) is 1. The quantitative estimate of drug-likeness (QED) is 0.733. The van der Waals surface area contributed by atoms with Gasteiger partial charge in [-0.05, 0) is 33.6 Å². The van der Waals surface area contributed by atoms with Crippen LogP contribution in [0.5, 0.6) is 0 Å². The number of rotatable bonds is 2. The maximum absolute atomic E-state index is 9.51. The molecule has 0 amide bonds. The monoisotopic (exact) mass is 222 g/mol. The van der Waals surface area contributed by atoms with Crippen molar-refractivity contribution in [2.75, 3.05) is 13.1 Å². The van der Waals surface area contributed by atoms with Gasteiger partial charge in [0.2, 0.25) is 0 Å². The molecule has 3 N–H and O–H groups in total. The molecule has 1 rings (SSSR count). The number of hydrogen-bond donors (Lipinski definition) is 2. The average Bonchev–Trinajstić information content (AvgIpc) is 1.94. The molecule has 1 aliphatic rings. The van der Waals surface area contributed by atoms with Crippen LogP contribution in [0.1, 0.15) is 33.6 Å². The molecule has 0 aromatic heterocycles. The van der Waals surface area contributed by atoms with Crippen LogP contribution in [0.3, 0.4) is 0 Å². The van der Waals surface area contributed by atoms with Gasteiger partial charge in [0.25, 0.3) is 0 Å². The van der Waals surface area contributed by atoms with Crippen molar-refractivity contribution in [1.29, 1.82) is 0 Å². The Balaban J connectivity index is 0.00000169. The number of halogens is 1. The van der Waals surface area contributed by atoms with Gasteiger partial charge in [0.1, 0.15) is 0 Å². The number of nitrogens with two attached hydrogens (primary N) is 1. The summed E-state index contributed by atoms with van der Waals surface area (Å²) in [7, 11) is 0. The number of likely N-dealkylation sites (tertiary alicyclic amines) is 1. The summed E-state index contributed by atoms with van der Waals surface area (Å²) in [5.74, 6) is 0. The Bertz CT molecular complexity index is 170. The largest absolute Gasteiger partial charge is 0.392 e. The highest BCUT2D eigenvalue weighted by molar-refractivity contribution is 5.85. The Morgan fingerprint density at radius 3 is 2.50 bits per heavy atom. The van der Waals surface area contributed by atoms with E-state index < -0.39 is 0 Å². The maximum atomic E-state index is 9.51. The first kappa shape index (κ1) is 14.2. The summed E-state index contributed by atoms with van der Waals surface area (Å²) in [6.07, 6.45) is 1.86. The van der Waals surface area contributed by atoms with E-state index in [0.717, 1.165) is 25.9 Å². The fourth-order valence-corrected chi connectivity index (χ4v) is 1.90. The van der Waals surface area contributed by atoms with Crippen molar-refractivity contribution in [3.05, 3.63) is 0 Å². The van der Waals surface area contributed by atoms with Crippen LogP contribution in [0.4, 0.5) is 0 Å². The van der Waals surface area contributed by atoms with Crippen LogP contribution in [-0.4, -0.2) is 40.8 Å². The van der Waals surface area contributed by atoms with E-state index in [2.05, 4.69) is 11.8 Å². The van der Waals surface area contributed by atoms with E-state index in [0.29, 0.717) is 6.04 Å². The lowest BCUT2D eigenvalue weighted by Crippen LogP contribution is -2.52. The molecule has 0 aromatic rings. The van der Waals surface area contributed by atoms with E-state index >= 15 is 0 Å². The third-order valence-corrected chi connectivity index (χ3v) is 2.60. The molecule has 0 unspecified atom stereocenters. The molecule has 0 aromatic carbocycles. The molecule has 0 saturated carbocycles. The molecule has 4 heteroatoms. The molecule has 1 aliphatic heterocycles. The number of aliphatic hydroxyl groups excluding tert-OH is 1. The van der Waals surface area contributed by atoms with Crippen molar-refractivity contribution in [3.63, 3.8) is 0 Å². The van der Waals surface area contributed by atoms with Crippen LogP contribution in [0.2, 0.25) is 0 Å². The lowest BCUT2D eigenvalue weighted by Gasteiger charge is -2.39. The van der Waals surface area contributed by atoms with Gasteiger partial charge in [-0.25, -0.2) is 0 Å². The fraction of sp³-hybridized carbons (Fsp3) is 1.00. The van der Waals surface area contributed by atoms with Gasteiger partial charge in [-0.2, -0.15) is 0 Å². The second-order valence-corrected chi connectivity index (χ2v) is 5.00. The Morgan fingerprint density at radius 2 is 2.00 bits per heavy atom. The van der Waals surface area contributed by atoms with Crippen LogP contribution in [0.25, 0.3) is 0 Å². The summed E-state index contributed by atoms with van der Waals surface area (Å²) in [6, 6.07) is 0.561. The van der Waals surface area contributed by atoms with Crippen LogP contribution < -0.4 is 5.73 Å².